The number of nitrogens with one attached hydrogen (secondary N) is 3. The Morgan fingerprint density at radius 1 is 1.12 bits per heavy atom. The number of fused-ring (bicyclic) bond motifs is 1. The molecule has 0 saturated carbocycles. The molecule has 3 N–H and O–H groups in total. The number of benzene rings is 1. The lowest BCUT2D eigenvalue weighted by Gasteiger charge is -2.07. The van der Waals surface area contributed by atoms with Crippen LogP contribution in [0.3, 0.4) is 0 Å². The highest BCUT2D eigenvalue weighted by Gasteiger charge is 2.18. The molecule has 0 unspecified atom stereocenters. The van der Waals surface area contributed by atoms with E-state index in [0.29, 0.717) is 22.0 Å². The summed E-state index contributed by atoms with van der Waals surface area (Å²) in [6.07, 6.45) is 1.60. The van der Waals surface area contributed by atoms with E-state index in [1.807, 2.05) is 0 Å². The van der Waals surface area contributed by atoms with Crippen LogP contribution in [0.25, 0.3) is 10.9 Å². The average Bonchev–Trinajstić information content (AvgIpc) is 3.36. The molecular weight excluding hydrogens is 392 g/mol. The summed E-state index contributed by atoms with van der Waals surface area (Å²) >= 11 is 2.45. The van der Waals surface area contributed by atoms with E-state index >= 15 is 0 Å². The fourth-order valence-corrected chi connectivity index (χ4v) is 5.01. The van der Waals surface area contributed by atoms with E-state index in [0.717, 1.165) is 16.7 Å². The third-order valence-corrected chi connectivity index (χ3v) is 7.01. The topological polar surface area (TPSA) is 104 Å². The molecule has 0 spiro atoms. The summed E-state index contributed by atoms with van der Waals surface area (Å²) in [4.78, 5) is 19.4. The highest BCUT2D eigenvalue weighted by atomic mass is 32.2. The first-order valence-corrected chi connectivity index (χ1v) is 10.7. The van der Waals surface area contributed by atoms with Gasteiger partial charge in [-0.2, -0.15) is 0 Å². The first kappa shape index (κ1) is 16.8. The second-order valence-electron chi connectivity index (χ2n) is 5.28. The molecule has 0 atom stereocenters. The number of aromatic nitrogens is 2. The van der Waals surface area contributed by atoms with Crippen LogP contribution in [0.1, 0.15) is 10.5 Å². The molecular formula is C16H12N4O3S3. The van der Waals surface area contributed by atoms with E-state index in [2.05, 4.69) is 20.0 Å². The van der Waals surface area contributed by atoms with Crippen molar-refractivity contribution in [3.05, 3.63) is 59.0 Å². The molecule has 4 aromatic rings. The normalized spacial score (nSPS) is 11.5. The smallest absolute Gasteiger partial charge is 0.273 e. The van der Waals surface area contributed by atoms with Crippen LogP contribution in [0.15, 0.2) is 57.6 Å². The van der Waals surface area contributed by atoms with Crippen molar-refractivity contribution in [2.24, 2.45) is 0 Å². The SMILES string of the molecule is O=C(Nc1nccs1)c1cc2cccc(NS(=O)(=O)c3cccs3)c2[nH]1. The Hall–Kier alpha value is -2.69. The van der Waals surface area contributed by atoms with E-state index in [1.165, 1.54) is 17.4 Å². The molecule has 26 heavy (non-hydrogen) atoms. The minimum Gasteiger partial charge on any atom is -0.349 e. The lowest BCUT2D eigenvalue weighted by molar-refractivity contribution is 0.102. The van der Waals surface area contributed by atoms with Gasteiger partial charge in [0.25, 0.3) is 15.9 Å². The number of rotatable bonds is 5. The zero-order valence-corrected chi connectivity index (χ0v) is 15.5. The first-order chi connectivity index (χ1) is 12.5. The Balaban J connectivity index is 1.67. The number of thiophene rings is 1. The molecule has 3 heterocycles. The summed E-state index contributed by atoms with van der Waals surface area (Å²) in [5, 5.41) is 7.37. The van der Waals surface area contributed by atoms with Crippen LogP contribution in [0.5, 0.6) is 0 Å². The van der Waals surface area contributed by atoms with Crippen molar-refractivity contribution in [1.29, 1.82) is 0 Å². The molecule has 0 aliphatic carbocycles. The molecule has 1 aromatic carbocycles. The van der Waals surface area contributed by atoms with Crippen LogP contribution in [0.2, 0.25) is 0 Å². The third kappa shape index (κ3) is 3.21. The quantitative estimate of drug-likeness (QED) is 0.471. The zero-order valence-electron chi connectivity index (χ0n) is 13.1. The van der Waals surface area contributed by atoms with Crippen molar-refractivity contribution in [1.82, 2.24) is 9.97 Å². The average molecular weight is 404 g/mol. The van der Waals surface area contributed by atoms with Crippen LogP contribution in [-0.2, 0) is 10.0 Å². The van der Waals surface area contributed by atoms with Gasteiger partial charge in [0.15, 0.2) is 5.13 Å². The fourth-order valence-electron chi connectivity index (χ4n) is 2.42. The number of anilines is 2. The van der Waals surface area contributed by atoms with Crippen molar-refractivity contribution in [3.8, 4) is 0 Å². The van der Waals surface area contributed by atoms with E-state index in [1.54, 1.807) is 47.3 Å². The molecule has 132 valence electrons. The predicted molar refractivity (Wildman–Crippen MR) is 103 cm³/mol. The molecule has 0 aliphatic heterocycles. The van der Waals surface area contributed by atoms with Crippen molar-refractivity contribution in [3.63, 3.8) is 0 Å². The number of H-pyrrole nitrogens is 1. The maximum atomic E-state index is 12.5. The maximum Gasteiger partial charge on any atom is 0.273 e. The van der Waals surface area contributed by atoms with E-state index in [4.69, 9.17) is 0 Å². The summed E-state index contributed by atoms with van der Waals surface area (Å²) in [6.45, 7) is 0. The highest BCUT2D eigenvalue weighted by molar-refractivity contribution is 7.94. The Kier molecular flexibility index (Phi) is 4.23. The Morgan fingerprint density at radius 2 is 2.00 bits per heavy atom. The van der Waals surface area contributed by atoms with Crippen LogP contribution < -0.4 is 10.0 Å². The van der Waals surface area contributed by atoms with Crippen molar-refractivity contribution < 1.29 is 13.2 Å². The number of sulfonamides is 1. The fraction of sp³-hybridized carbons (Fsp3) is 0. The first-order valence-electron chi connectivity index (χ1n) is 7.42. The van der Waals surface area contributed by atoms with Crippen molar-refractivity contribution >= 4 is 60.3 Å². The lowest BCUT2D eigenvalue weighted by atomic mass is 10.2. The van der Waals surface area contributed by atoms with Crippen molar-refractivity contribution in [2.45, 2.75) is 4.21 Å². The molecule has 0 aliphatic rings. The number of hydrogen-bond acceptors (Lipinski definition) is 6. The molecule has 0 bridgehead atoms. The highest BCUT2D eigenvalue weighted by Crippen LogP contribution is 2.27. The number of carbonyl (C=O) groups is 1. The molecule has 0 fully saturated rings. The van der Waals surface area contributed by atoms with Gasteiger partial charge in [0, 0.05) is 17.0 Å². The largest absolute Gasteiger partial charge is 0.349 e. The van der Waals surface area contributed by atoms with Gasteiger partial charge in [-0.1, -0.05) is 18.2 Å². The molecule has 4 rings (SSSR count). The summed E-state index contributed by atoms with van der Waals surface area (Å²) in [6, 6.07) is 10.1. The molecule has 0 saturated heterocycles. The Bertz CT molecular complexity index is 1160. The summed E-state index contributed by atoms with van der Waals surface area (Å²) in [5.41, 5.74) is 1.24. The standard InChI is InChI=1S/C16H12N4O3S3/c21-15(19-16-17-6-8-25-16)12-9-10-3-1-4-11(14(10)18-12)20-26(22,23)13-5-2-7-24-13/h1-9,18,20H,(H,17,19,21). The molecule has 1 amide bonds. The number of amides is 1. The Morgan fingerprint density at radius 3 is 2.73 bits per heavy atom. The second kappa shape index (κ2) is 6.56. The van der Waals surface area contributed by atoms with E-state index in [-0.39, 0.29) is 10.1 Å². The lowest BCUT2D eigenvalue weighted by Crippen LogP contribution is -2.12. The number of nitrogens with zero attached hydrogens (tertiary/aromatic N) is 1. The number of aromatic amines is 1. The van der Waals surface area contributed by atoms with Gasteiger partial charge < -0.3 is 4.98 Å². The van der Waals surface area contributed by atoms with Crippen LogP contribution in [-0.4, -0.2) is 24.3 Å². The summed E-state index contributed by atoms with van der Waals surface area (Å²) in [5.74, 6) is -0.344. The summed E-state index contributed by atoms with van der Waals surface area (Å²) in [7, 11) is -3.67. The van der Waals surface area contributed by atoms with Gasteiger partial charge in [-0.15, -0.1) is 22.7 Å². The van der Waals surface area contributed by atoms with Crippen LogP contribution >= 0.6 is 22.7 Å². The minimum atomic E-state index is -3.67. The van der Waals surface area contributed by atoms with Gasteiger partial charge in [-0.3, -0.25) is 14.8 Å². The Labute approximate surface area is 156 Å². The molecule has 0 radical (unpaired) electrons. The van der Waals surface area contributed by atoms with Gasteiger partial charge in [0.05, 0.1) is 11.2 Å². The zero-order chi connectivity index (χ0) is 18.1. The minimum absolute atomic E-state index is 0.225. The summed E-state index contributed by atoms with van der Waals surface area (Å²) < 4.78 is 27.7. The third-order valence-electron chi connectivity index (χ3n) is 3.56. The van der Waals surface area contributed by atoms with Gasteiger partial charge in [-0.25, -0.2) is 13.4 Å². The van der Waals surface area contributed by atoms with E-state index in [9.17, 15) is 13.2 Å². The van der Waals surface area contributed by atoms with Crippen molar-refractivity contribution in [2.75, 3.05) is 10.0 Å². The number of carbonyl (C=O) groups excluding carboxylic acids is 1. The monoisotopic (exact) mass is 404 g/mol. The van der Waals surface area contributed by atoms with Gasteiger partial charge in [0.1, 0.15) is 9.90 Å². The van der Waals surface area contributed by atoms with Crippen LogP contribution in [0.4, 0.5) is 10.8 Å². The number of hydrogen-bond donors (Lipinski definition) is 3. The van der Waals surface area contributed by atoms with Gasteiger partial charge in [-0.05, 0) is 23.6 Å². The molecule has 10 heteroatoms. The van der Waals surface area contributed by atoms with Gasteiger partial charge >= 0.3 is 0 Å². The van der Waals surface area contributed by atoms with Gasteiger partial charge in [0.2, 0.25) is 0 Å². The maximum absolute atomic E-state index is 12.5. The molecule has 7 nitrogen and oxygen atoms in total. The predicted octanol–water partition coefficient (Wildman–Crippen LogP) is 3.74. The number of thiazole rings is 1. The van der Waals surface area contributed by atoms with Crippen LogP contribution in [0, 0.1) is 0 Å². The second-order valence-corrected chi connectivity index (χ2v) is 9.03. The molecule has 3 aromatic heterocycles. The number of para-hydroxylation sites is 1. The van der Waals surface area contributed by atoms with E-state index < -0.39 is 10.0 Å².